The van der Waals surface area contributed by atoms with Gasteiger partial charge in [0.1, 0.15) is 5.75 Å². The van der Waals surface area contributed by atoms with Gasteiger partial charge in [0, 0.05) is 6.54 Å². The Morgan fingerprint density at radius 1 is 1.31 bits per heavy atom. The minimum absolute atomic E-state index is 0.705. The molecular weight excluding hydrogens is 198 g/mol. The zero-order chi connectivity index (χ0) is 11.6. The van der Waals surface area contributed by atoms with E-state index in [-0.39, 0.29) is 0 Å². The van der Waals surface area contributed by atoms with Crippen molar-refractivity contribution >= 4 is 0 Å². The van der Waals surface area contributed by atoms with Crippen molar-refractivity contribution in [2.75, 3.05) is 13.2 Å². The smallest absolute Gasteiger partial charge is 0.119 e. The third-order valence-corrected chi connectivity index (χ3v) is 2.27. The van der Waals surface area contributed by atoms with Gasteiger partial charge in [-0.3, -0.25) is 0 Å². The molecule has 0 fully saturated rings. The molecule has 1 rings (SSSR count). The molecule has 0 saturated heterocycles. The molecule has 0 atom stereocenters. The normalized spacial score (nSPS) is 10.1. The van der Waals surface area contributed by atoms with Gasteiger partial charge in [0.2, 0.25) is 0 Å². The maximum absolute atomic E-state index is 5.54. The van der Waals surface area contributed by atoms with Crippen LogP contribution in [0.5, 0.6) is 5.75 Å². The first-order valence-corrected chi connectivity index (χ1v) is 5.90. The van der Waals surface area contributed by atoms with Crippen LogP contribution in [0.1, 0.15) is 25.3 Å². The molecule has 0 spiro atoms. The van der Waals surface area contributed by atoms with Gasteiger partial charge in [-0.2, -0.15) is 0 Å². The van der Waals surface area contributed by atoms with E-state index in [1.165, 1.54) is 12.0 Å². The topological polar surface area (TPSA) is 21.3 Å². The predicted octanol–water partition coefficient (Wildman–Crippen LogP) is 3.14. The molecule has 0 radical (unpaired) electrons. The average Bonchev–Trinajstić information content (AvgIpc) is 2.32. The second-order valence-electron chi connectivity index (χ2n) is 3.75. The van der Waals surface area contributed by atoms with E-state index >= 15 is 0 Å². The van der Waals surface area contributed by atoms with Crippen molar-refractivity contribution in [3.63, 3.8) is 0 Å². The van der Waals surface area contributed by atoms with E-state index in [1.807, 2.05) is 18.2 Å². The van der Waals surface area contributed by atoms with E-state index in [0.29, 0.717) is 6.61 Å². The van der Waals surface area contributed by atoms with Crippen molar-refractivity contribution in [1.82, 2.24) is 5.32 Å². The van der Waals surface area contributed by atoms with Gasteiger partial charge in [0.15, 0.2) is 0 Å². The SMILES string of the molecule is C=CCCOc1ccc(CNCCC)cc1. The quantitative estimate of drug-likeness (QED) is 0.535. The van der Waals surface area contributed by atoms with E-state index in [9.17, 15) is 0 Å². The van der Waals surface area contributed by atoms with Crippen LogP contribution in [0.4, 0.5) is 0 Å². The highest BCUT2D eigenvalue weighted by atomic mass is 16.5. The summed E-state index contributed by atoms with van der Waals surface area (Å²) in [6.45, 7) is 8.53. The van der Waals surface area contributed by atoms with E-state index < -0.39 is 0 Å². The largest absolute Gasteiger partial charge is 0.493 e. The summed E-state index contributed by atoms with van der Waals surface area (Å²) in [5.74, 6) is 0.932. The zero-order valence-corrected chi connectivity index (χ0v) is 10.0. The summed E-state index contributed by atoms with van der Waals surface area (Å²) in [5.41, 5.74) is 1.30. The van der Waals surface area contributed by atoms with Gasteiger partial charge in [0.05, 0.1) is 6.61 Å². The van der Waals surface area contributed by atoms with Gasteiger partial charge in [-0.05, 0) is 37.1 Å². The third-order valence-electron chi connectivity index (χ3n) is 2.27. The van der Waals surface area contributed by atoms with Crippen LogP contribution in [0.25, 0.3) is 0 Å². The van der Waals surface area contributed by atoms with Crippen LogP contribution >= 0.6 is 0 Å². The van der Waals surface area contributed by atoms with Gasteiger partial charge in [-0.25, -0.2) is 0 Å². The fourth-order valence-electron chi connectivity index (χ4n) is 1.37. The highest BCUT2D eigenvalue weighted by Gasteiger charge is 1.94. The summed E-state index contributed by atoms with van der Waals surface area (Å²) in [5, 5.41) is 3.37. The maximum atomic E-state index is 5.54. The standard InChI is InChI=1S/C14H21NO/c1-3-5-11-16-14-8-6-13(7-9-14)12-15-10-4-2/h3,6-9,15H,1,4-5,10-12H2,2H3. The van der Waals surface area contributed by atoms with Crippen molar-refractivity contribution < 1.29 is 4.74 Å². The third kappa shape index (κ3) is 4.99. The lowest BCUT2D eigenvalue weighted by molar-refractivity contribution is 0.325. The molecule has 0 heterocycles. The molecule has 0 saturated carbocycles. The molecule has 2 nitrogen and oxygen atoms in total. The monoisotopic (exact) mass is 219 g/mol. The zero-order valence-electron chi connectivity index (χ0n) is 10.0. The van der Waals surface area contributed by atoms with Gasteiger partial charge in [-0.1, -0.05) is 25.1 Å². The first kappa shape index (κ1) is 12.8. The summed E-state index contributed by atoms with van der Waals surface area (Å²) in [6, 6.07) is 8.25. The lowest BCUT2D eigenvalue weighted by Crippen LogP contribution is -2.13. The van der Waals surface area contributed by atoms with Gasteiger partial charge in [0.25, 0.3) is 0 Å². The molecule has 0 unspecified atom stereocenters. The average molecular weight is 219 g/mol. The molecule has 0 aliphatic rings. The highest BCUT2D eigenvalue weighted by Crippen LogP contribution is 2.12. The van der Waals surface area contributed by atoms with Crippen LogP contribution < -0.4 is 10.1 Å². The second-order valence-corrected chi connectivity index (χ2v) is 3.75. The fraction of sp³-hybridized carbons (Fsp3) is 0.429. The number of ether oxygens (including phenoxy) is 1. The van der Waals surface area contributed by atoms with E-state index in [4.69, 9.17) is 4.74 Å². The van der Waals surface area contributed by atoms with Crippen LogP contribution in [0.15, 0.2) is 36.9 Å². The van der Waals surface area contributed by atoms with Crippen molar-refractivity contribution in [2.24, 2.45) is 0 Å². The lowest BCUT2D eigenvalue weighted by Gasteiger charge is -2.06. The molecule has 1 aromatic carbocycles. The molecule has 16 heavy (non-hydrogen) atoms. The molecule has 1 N–H and O–H groups in total. The Morgan fingerprint density at radius 2 is 2.06 bits per heavy atom. The molecule has 2 heteroatoms. The van der Waals surface area contributed by atoms with Crippen molar-refractivity contribution in [1.29, 1.82) is 0 Å². The minimum atomic E-state index is 0.705. The fourth-order valence-corrected chi connectivity index (χ4v) is 1.37. The minimum Gasteiger partial charge on any atom is -0.493 e. The number of nitrogens with one attached hydrogen (secondary N) is 1. The van der Waals surface area contributed by atoms with Gasteiger partial charge >= 0.3 is 0 Å². The Balaban J connectivity index is 2.32. The molecule has 0 aliphatic heterocycles. The number of rotatable bonds is 8. The Hall–Kier alpha value is -1.28. The summed E-state index contributed by atoms with van der Waals surface area (Å²) in [6.07, 6.45) is 3.92. The number of hydrogen-bond donors (Lipinski definition) is 1. The maximum Gasteiger partial charge on any atom is 0.119 e. The molecule has 1 aromatic rings. The summed E-state index contributed by atoms with van der Waals surface area (Å²) < 4.78 is 5.54. The van der Waals surface area contributed by atoms with Crippen LogP contribution in [0, 0.1) is 0 Å². The van der Waals surface area contributed by atoms with Crippen LogP contribution in [-0.2, 0) is 6.54 Å². The number of hydrogen-bond acceptors (Lipinski definition) is 2. The molecule has 0 aromatic heterocycles. The van der Waals surface area contributed by atoms with Gasteiger partial charge in [-0.15, -0.1) is 6.58 Å². The molecule has 88 valence electrons. The van der Waals surface area contributed by atoms with Crippen molar-refractivity contribution in [3.8, 4) is 5.75 Å². The second kappa shape index (κ2) is 7.94. The Labute approximate surface area is 98.3 Å². The summed E-state index contributed by atoms with van der Waals surface area (Å²) in [7, 11) is 0. The van der Waals surface area contributed by atoms with Crippen LogP contribution in [0.3, 0.4) is 0 Å². The van der Waals surface area contributed by atoms with E-state index in [1.54, 1.807) is 0 Å². The molecule has 0 amide bonds. The van der Waals surface area contributed by atoms with Crippen molar-refractivity contribution in [2.45, 2.75) is 26.3 Å². The number of benzene rings is 1. The summed E-state index contributed by atoms with van der Waals surface area (Å²) >= 11 is 0. The Kier molecular flexibility index (Phi) is 6.35. The summed E-state index contributed by atoms with van der Waals surface area (Å²) in [4.78, 5) is 0. The van der Waals surface area contributed by atoms with E-state index in [2.05, 4.69) is 31.0 Å². The highest BCUT2D eigenvalue weighted by molar-refractivity contribution is 5.27. The predicted molar refractivity (Wildman–Crippen MR) is 68.7 cm³/mol. The van der Waals surface area contributed by atoms with Crippen LogP contribution in [0.2, 0.25) is 0 Å². The lowest BCUT2D eigenvalue weighted by atomic mass is 10.2. The van der Waals surface area contributed by atoms with Crippen LogP contribution in [-0.4, -0.2) is 13.2 Å². The molecule has 0 bridgehead atoms. The van der Waals surface area contributed by atoms with E-state index in [0.717, 1.165) is 25.3 Å². The first-order chi connectivity index (χ1) is 7.86. The Bertz CT molecular complexity index is 292. The molecular formula is C14H21NO. The van der Waals surface area contributed by atoms with Gasteiger partial charge < -0.3 is 10.1 Å². The first-order valence-electron chi connectivity index (χ1n) is 5.90. The Morgan fingerprint density at radius 3 is 2.69 bits per heavy atom. The van der Waals surface area contributed by atoms with Crippen molar-refractivity contribution in [3.05, 3.63) is 42.5 Å². The molecule has 0 aliphatic carbocycles.